The minimum atomic E-state index is -3.36. The van der Waals surface area contributed by atoms with E-state index in [4.69, 9.17) is 5.73 Å². The molecule has 1 unspecified atom stereocenters. The van der Waals surface area contributed by atoms with Crippen molar-refractivity contribution in [3.05, 3.63) is 16.5 Å². The molecule has 0 aromatic carbocycles. The molecule has 0 bridgehead atoms. The summed E-state index contributed by atoms with van der Waals surface area (Å²) in [6.07, 6.45) is 2.27. The van der Waals surface area contributed by atoms with Crippen LogP contribution in [0.2, 0.25) is 0 Å². The van der Waals surface area contributed by atoms with Gasteiger partial charge in [-0.05, 0) is 44.2 Å². The van der Waals surface area contributed by atoms with E-state index in [2.05, 4.69) is 0 Å². The number of hydrogen-bond donors (Lipinski definition) is 1. The van der Waals surface area contributed by atoms with Crippen LogP contribution in [0, 0.1) is 12.8 Å². The molecule has 4 nitrogen and oxygen atoms in total. The lowest BCUT2D eigenvalue weighted by Gasteiger charge is -2.23. The molecule has 1 aliphatic carbocycles. The molecule has 1 atom stereocenters. The first-order valence-corrected chi connectivity index (χ1v) is 8.41. The molecule has 1 aromatic rings. The van der Waals surface area contributed by atoms with E-state index in [-0.39, 0.29) is 6.04 Å². The lowest BCUT2D eigenvalue weighted by Crippen LogP contribution is -2.36. The van der Waals surface area contributed by atoms with E-state index < -0.39 is 10.0 Å². The maximum atomic E-state index is 12.5. The van der Waals surface area contributed by atoms with Crippen molar-refractivity contribution in [3.63, 3.8) is 0 Å². The van der Waals surface area contributed by atoms with Crippen molar-refractivity contribution in [2.75, 3.05) is 7.05 Å². The maximum Gasteiger partial charge on any atom is 0.252 e. The highest BCUT2D eigenvalue weighted by Crippen LogP contribution is 2.37. The number of nitrogens with two attached hydrogens (primary N) is 1. The van der Waals surface area contributed by atoms with Crippen LogP contribution in [0.15, 0.2) is 10.3 Å². The van der Waals surface area contributed by atoms with E-state index in [1.807, 2.05) is 13.8 Å². The van der Waals surface area contributed by atoms with Gasteiger partial charge in [-0.25, -0.2) is 8.42 Å². The first-order valence-electron chi connectivity index (χ1n) is 6.15. The number of sulfonamides is 1. The molecule has 2 rings (SSSR count). The maximum absolute atomic E-state index is 12.5. The summed E-state index contributed by atoms with van der Waals surface area (Å²) < 4.78 is 26.9. The third kappa shape index (κ3) is 2.47. The fourth-order valence-electron chi connectivity index (χ4n) is 2.05. The number of nitrogens with zero attached hydrogens (tertiary/aromatic N) is 1. The van der Waals surface area contributed by atoms with Crippen LogP contribution in [0.4, 0.5) is 0 Å². The zero-order chi connectivity index (χ0) is 13.5. The van der Waals surface area contributed by atoms with Gasteiger partial charge in [0.05, 0.1) is 0 Å². The van der Waals surface area contributed by atoms with Crippen LogP contribution < -0.4 is 5.73 Å². The second-order valence-corrected chi connectivity index (χ2v) is 8.34. The molecule has 0 saturated heterocycles. The van der Waals surface area contributed by atoms with Crippen molar-refractivity contribution in [1.29, 1.82) is 0 Å². The van der Waals surface area contributed by atoms with E-state index in [9.17, 15) is 8.42 Å². The summed E-state index contributed by atoms with van der Waals surface area (Å²) in [5.41, 5.74) is 6.57. The molecule has 102 valence electrons. The van der Waals surface area contributed by atoms with E-state index in [1.54, 1.807) is 13.1 Å². The number of hydrogen-bond acceptors (Lipinski definition) is 4. The molecule has 0 amide bonds. The number of aryl methyl sites for hydroxylation is 1. The van der Waals surface area contributed by atoms with E-state index in [1.165, 1.54) is 15.6 Å². The number of rotatable bonds is 5. The summed E-state index contributed by atoms with van der Waals surface area (Å²) in [7, 11) is -1.68. The van der Waals surface area contributed by atoms with Crippen LogP contribution in [0.3, 0.4) is 0 Å². The number of thiophene rings is 1. The molecular formula is C12H20N2O2S2. The largest absolute Gasteiger partial charge is 0.326 e. The highest BCUT2D eigenvalue weighted by atomic mass is 32.2. The third-order valence-electron chi connectivity index (χ3n) is 3.69. The average Bonchev–Trinajstić information content (AvgIpc) is 3.10. The Labute approximate surface area is 113 Å². The van der Waals surface area contributed by atoms with Crippen LogP contribution in [0.1, 0.15) is 30.2 Å². The standard InChI is InChI=1S/C12H20N2O2S2/c1-8-6-12(17-11(8)7-13)18(15,16)14(3)9(2)10-4-5-10/h6,9-10H,4-5,7,13H2,1-3H3. The fraction of sp³-hybridized carbons (Fsp3) is 0.667. The van der Waals surface area contributed by atoms with Crippen molar-refractivity contribution >= 4 is 21.4 Å². The summed E-state index contributed by atoms with van der Waals surface area (Å²) in [6, 6.07) is 1.82. The zero-order valence-corrected chi connectivity index (χ0v) is 12.6. The van der Waals surface area contributed by atoms with Crippen LogP contribution in [0.25, 0.3) is 0 Å². The molecule has 2 N–H and O–H groups in total. The lowest BCUT2D eigenvalue weighted by atomic mass is 10.2. The summed E-state index contributed by atoms with van der Waals surface area (Å²) in [5.74, 6) is 0.528. The summed E-state index contributed by atoms with van der Waals surface area (Å²) >= 11 is 1.29. The normalized spacial score (nSPS) is 18.3. The monoisotopic (exact) mass is 288 g/mol. The van der Waals surface area contributed by atoms with Crippen LogP contribution in [0.5, 0.6) is 0 Å². The van der Waals surface area contributed by atoms with E-state index in [0.29, 0.717) is 16.7 Å². The molecule has 0 radical (unpaired) electrons. The minimum Gasteiger partial charge on any atom is -0.326 e. The Morgan fingerprint density at radius 3 is 2.61 bits per heavy atom. The second kappa shape index (κ2) is 4.92. The van der Waals surface area contributed by atoms with Gasteiger partial charge in [-0.1, -0.05) is 0 Å². The van der Waals surface area contributed by atoms with Gasteiger partial charge in [-0.2, -0.15) is 4.31 Å². The molecule has 1 fully saturated rings. The molecule has 18 heavy (non-hydrogen) atoms. The van der Waals surface area contributed by atoms with E-state index >= 15 is 0 Å². The average molecular weight is 288 g/mol. The van der Waals surface area contributed by atoms with Gasteiger partial charge in [0.25, 0.3) is 10.0 Å². The molecule has 1 aliphatic rings. The first kappa shape index (κ1) is 14.0. The Kier molecular flexibility index (Phi) is 3.82. The Morgan fingerprint density at radius 1 is 1.56 bits per heavy atom. The minimum absolute atomic E-state index is 0.0822. The summed E-state index contributed by atoms with van der Waals surface area (Å²) in [4.78, 5) is 0.945. The lowest BCUT2D eigenvalue weighted by molar-refractivity contribution is 0.358. The molecule has 1 heterocycles. The van der Waals surface area contributed by atoms with E-state index in [0.717, 1.165) is 23.3 Å². The molecule has 0 aliphatic heterocycles. The van der Waals surface area contributed by atoms with Gasteiger partial charge in [0, 0.05) is 24.5 Å². The van der Waals surface area contributed by atoms with Gasteiger partial charge in [0.2, 0.25) is 0 Å². The molecule has 1 saturated carbocycles. The quantitative estimate of drug-likeness (QED) is 0.900. The van der Waals surface area contributed by atoms with Gasteiger partial charge in [-0.15, -0.1) is 11.3 Å². The Morgan fingerprint density at radius 2 is 2.17 bits per heavy atom. The Balaban J connectivity index is 2.28. The molecule has 0 spiro atoms. The topological polar surface area (TPSA) is 63.4 Å². The van der Waals surface area contributed by atoms with Crippen molar-refractivity contribution in [1.82, 2.24) is 4.31 Å². The van der Waals surface area contributed by atoms with Gasteiger partial charge in [0.1, 0.15) is 4.21 Å². The van der Waals surface area contributed by atoms with Gasteiger partial charge in [-0.3, -0.25) is 0 Å². The van der Waals surface area contributed by atoms with Crippen LogP contribution in [-0.2, 0) is 16.6 Å². The highest BCUT2D eigenvalue weighted by Gasteiger charge is 2.36. The van der Waals surface area contributed by atoms with Crippen molar-refractivity contribution in [2.24, 2.45) is 11.7 Å². The Hall–Kier alpha value is -0.430. The second-order valence-electron chi connectivity index (χ2n) is 4.98. The predicted octanol–water partition coefficient (Wildman–Crippen LogP) is 1.93. The van der Waals surface area contributed by atoms with Gasteiger partial charge >= 0.3 is 0 Å². The highest BCUT2D eigenvalue weighted by molar-refractivity contribution is 7.91. The predicted molar refractivity (Wildman–Crippen MR) is 74.1 cm³/mol. The Bertz CT molecular complexity index is 532. The SMILES string of the molecule is Cc1cc(S(=O)(=O)N(C)C(C)C2CC2)sc1CN. The summed E-state index contributed by atoms with van der Waals surface area (Å²) in [6.45, 7) is 4.29. The van der Waals surface area contributed by atoms with Crippen molar-refractivity contribution in [3.8, 4) is 0 Å². The van der Waals surface area contributed by atoms with Crippen molar-refractivity contribution in [2.45, 2.75) is 43.5 Å². The van der Waals surface area contributed by atoms with Crippen molar-refractivity contribution < 1.29 is 8.42 Å². The smallest absolute Gasteiger partial charge is 0.252 e. The van der Waals surface area contributed by atoms with Gasteiger partial charge in [0.15, 0.2) is 0 Å². The third-order valence-corrected chi connectivity index (χ3v) is 7.35. The first-order chi connectivity index (χ1) is 8.37. The van der Waals surface area contributed by atoms with Crippen LogP contribution in [-0.4, -0.2) is 25.8 Å². The fourth-order valence-corrected chi connectivity index (χ4v) is 5.13. The molecule has 6 heteroatoms. The molecule has 1 aromatic heterocycles. The van der Waals surface area contributed by atoms with Crippen LogP contribution >= 0.6 is 11.3 Å². The molecular weight excluding hydrogens is 268 g/mol. The zero-order valence-electron chi connectivity index (χ0n) is 11.0. The summed E-state index contributed by atoms with van der Waals surface area (Å²) in [5, 5.41) is 0. The van der Waals surface area contributed by atoms with Gasteiger partial charge < -0.3 is 5.73 Å².